The molecule has 7 nitrogen and oxygen atoms in total. The predicted octanol–water partition coefficient (Wildman–Crippen LogP) is 2.18. The summed E-state index contributed by atoms with van der Waals surface area (Å²) in [6.07, 6.45) is 7.30. The van der Waals surface area contributed by atoms with E-state index >= 15 is 0 Å². The van der Waals surface area contributed by atoms with Crippen LogP contribution >= 0.6 is 0 Å². The third kappa shape index (κ3) is 2.89. The number of rotatable bonds is 4. The molecule has 0 spiro atoms. The van der Waals surface area contributed by atoms with Crippen LogP contribution in [0.25, 0.3) is 17.3 Å². The molecule has 0 aliphatic carbocycles. The van der Waals surface area contributed by atoms with Crippen molar-refractivity contribution < 1.29 is 4.39 Å². The van der Waals surface area contributed by atoms with Gasteiger partial charge in [-0.2, -0.15) is 0 Å². The summed E-state index contributed by atoms with van der Waals surface area (Å²) >= 11 is 0. The van der Waals surface area contributed by atoms with E-state index < -0.39 is 0 Å². The fourth-order valence-corrected chi connectivity index (χ4v) is 2.40. The molecule has 0 atom stereocenters. The zero-order valence-corrected chi connectivity index (χ0v) is 12.5. The highest BCUT2D eigenvalue weighted by Crippen LogP contribution is 2.16. The SMILES string of the molecule is Fc1cc(Cc2cccnc2)cc(-n2nnc(-c3ncc[nH]3)n2)c1. The summed E-state index contributed by atoms with van der Waals surface area (Å²) in [5.41, 5.74) is 2.30. The Labute approximate surface area is 136 Å². The summed E-state index contributed by atoms with van der Waals surface area (Å²) in [4.78, 5) is 12.3. The molecule has 1 N–H and O–H groups in total. The van der Waals surface area contributed by atoms with Crippen LogP contribution in [0, 0.1) is 5.82 Å². The third-order valence-electron chi connectivity index (χ3n) is 3.43. The zero-order chi connectivity index (χ0) is 16.4. The predicted molar refractivity (Wildman–Crippen MR) is 83.7 cm³/mol. The quantitative estimate of drug-likeness (QED) is 0.623. The highest BCUT2D eigenvalue weighted by atomic mass is 19.1. The Morgan fingerprint density at radius 1 is 1.12 bits per heavy atom. The van der Waals surface area contributed by atoms with Crippen molar-refractivity contribution in [3.05, 3.63) is 72.1 Å². The first-order valence-electron chi connectivity index (χ1n) is 7.26. The molecular formula is C16H12FN7. The Hall–Kier alpha value is -3.42. The van der Waals surface area contributed by atoms with E-state index in [1.165, 1.54) is 16.9 Å². The standard InChI is InChI=1S/C16H12FN7/c17-13-7-12(6-11-2-1-3-18-10-11)8-14(9-13)24-22-16(21-23-24)15-19-4-5-20-15/h1-5,7-10H,6H2,(H,19,20). The van der Waals surface area contributed by atoms with Crippen molar-refractivity contribution in [2.45, 2.75) is 6.42 Å². The van der Waals surface area contributed by atoms with Crippen molar-refractivity contribution in [1.82, 2.24) is 35.2 Å². The number of aromatic amines is 1. The van der Waals surface area contributed by atoms with Gasteiger partial charge in [-0.15, -0.1) is 15.0 Å². The topological polar surface area (TPSA) is 85.2 Å². The molecule has 4 rings (SSSR count). The lowest BCUT2D eigenvalue weighted by Crippen LogP contribution is -2.02. The molecule has 0 saturated carbocycles. The van der Waals surface area contributed by atoms with E-state index in [1.54, 1.807) is 24.8 Å². The van der Waals surface area contributed by atoms with Crippen LogP contribution in [0.1, 0.15) is 11.1 Å². The monoisotopic (exact) mass is 321 g/mol. The van der Waals surface area contributed by atoms with E-state index in [1.807, 2.05) is 18.2 Å². The number of hydrogen-bond acceptors (Lipinski definition) is 5. The van der Waals surface area contributed by atoms with Crippen LogP contribution in [0.3, 0.4) is 0 Å². The molecule has 4 aromatic rings. The van der Waals surface area contributed by atoms with Crippen LogP contribution in [-0.4, -0.2) is 35.2 Å². The molecule has 0 fully saturated rings. The van der Waals surface area contributed by atoms with Gasteiger partial charge in [0.15, 0.2) is 5.82 Å². The summed E-state index contributed by atoms with van der Waals surface area (Å²) in [7, 11) is 0. The van der Waals surface area contributed by atoms with Gasteiger partial charge in [0.25, 0.3) is 0 Å². The Balaban J connectivity index is 1.66. The molecule has 0 saturated heterocycles. The number of pyridine rings is 1. The molecule has 0 aliphatic rings. The summed E-state index contributed by atoms with van der Waals surface area (Å²) in [5, 5.41) is 12.1. The van der Waals surface area contributed by atoms with Gasteiger partial charge in [-0.1, -0.05) is 6.07 Å². The molecule has 0 bridgehead atoms. The molecule has 8 heteroatoms. The first-order chi connectivity index (χ1) is 11.8. The van der Waals surface area contributed by atoms with Crippen LogP contribution in [0.4, 0.5) is 4.39 Å². The van der Waals surface area contributed by atoms with Crippen molar-refractivity contribution in [1.29, 1.82) is 0 Å². The molecule has 0 amide bonds. The molecule has 0 aliphatic heterocycles. The molecule has 0 unspecified atom stereocenters. The number of aromatic nitrogens is 7. The second-order valence-corrected chi connectivity index (χ2v) is 5.20. The zero-order valence-electron chi connectivity index (χ0n) is 12.5. The van der Waals surface area contributed by atoms with E-state index in [9.17, 15) is 4.39 Å². The van der Waals surface area contributed by atoms with Gasteiger partial charge in [-0.05, 0) is 41.0 Å². The average molecular weight is 321 g/mol. The number of tetrazole rings is 1. The Morgan fingerprint density at radius 2 is 2.08 bits per heavy atom. The maximum Gasteiger partial charge on any atom is 0.240 e. The van der Waals surface area contributed by atoms with E-state index in [0.29, 0.717) is 23.8 Å². The second-order valence-electron chi connectivity index (χ2n) is 5.20. The van der Waals surface area contributed by atoms with Crippen molar-refractivity contribution in [3.63, 3.8) is 0 Å². The fraction of sp³-hybridized carbons (Fsp3) is 0.0625. The number of hydrogen-bond donors (Lipinski definition) is 1. The molecule has 0 radical (unpaired) electrons. The Kier molecular flexibility index (Phi) is 3.54. The molecule has 3 aromatic heterocycles. The maximum absolute atomic E-state index is 14.0. The van der Waals surface area contributed by atoms with Crippen molar-refractivity contribution in [2.75, 3.05) is 0 Å². The minimum absolute atomic E-state index is 0.345. The maximum atomic E-state index is 14.0. The lowest BCUT2D eigenvalue weighted by atomic mass is 10.1. The van der Waals surface area contributed by atoms with Crippen LogP contribution < -0.4 is 0 Å². The number of halogens is 1. The van der Waals surface area contributed by atoms with Gasteiger partial charge in [-0.3, -0.25) is 4.98 Å². The molecule has 24 heavy (non-hydrogen) atoms. The van der Waals surface area contributed by atoms with E-state index in [2.05, 4.69) is 30.4 Å². The van der Waals surface area contributed by atoms with Gasteiger partial charge in [0, 0.05) is 30.9 Å². The molecule has 118 valence electrons. The van der Waals surface area contributed by atoms with Crippen molar-refractivity contribution in [3.8, 4) is 17.3 Å². The number of nitrogens with zero attached hydrogens (tertiary/aromatic N) is 6. The number of nitrogens with one attached hydrogen (secondary N) is 1. The van der Waals surface area contributed by atoms with Gasteiger partial charge >= 0.3 is 0 Å². The minimum Gasteiger partial charge on any atom is -0.342 e. The average Bonchev–Trinajstić information content (AvgIpc) is 3.27. The van der Waals surface area contributed by atoms with Gasteiger partial charge in [0.05, 0.1) is 5.69 Å². The minimum atomic E-state index is -0.358. The lowest BCUT2D eigenvalue weighted by molar-refractivity contribution is 0.619. The van der Waals surface area contributed by atoms with Crippen LogP contribution in [0.2, 0.25) is 0 Å². The van der Waals surface area contributed by atoms with Gasteiger partial charge in [0.1, 0.15) is 5.82 Å². The van der Waals surface area contributed by atoms with Gasteiger partial charge in [-0.25, -0.2) is 9.37 Å². The Bertz CT molecular complexity index is 948. The molecule has 1 aromatic carbocycles. The van der Waals surface area contributed by atoms with E-state index in [-0.39, 0.29) is 5.82 Å². The van der Waals surface area contributed by atoms with E-state index in [0.717, 1.165) is 11.1 Å². The first-order valence-corrected chi connectivity index (χ1v) is 7.26. The van der Waals surface area contributed by atoms with Gasteiger partial charge < -0.3 is 4.98 Å². The molecular weight excluding hydrogens is 309 g/mol. The van der Waals surface area contributed by atoms with Crippen LogP contribution in [-0.2, 0) is 6.42 Å². The lowest BCUT2D eigenvalue weighted by Gasteiger charge is -2.05. The normalized spacial score (nSPS) is 10.9. The fourth-order valence-electron chi connectivity index (χ4n) is 2.40. The largest absolute Gasteiger partial charge is 0.342 e. The highest BCUT2D eigenvalue weighted by molar-refractivity contribution is 5.42. The Morgan fingerprint density at radius 3 is 2.88 bits per heavy atom. The van der Waals surface area contributed by atoms with Crippen LogP contribution in [0.5, 0.6) is 0 Å². The second kappa shape index (κ2) is 5.99. The van der Waals surface area contributed by atoms with Gasteiger partial charge in [0.2, 0.25) is 5.82 Å². The smallest absolute Gasteiger partial charge is 0.240 e. The first kappa shape index (κ1) is 14.2. The third-order valence-corrected chi connectivity index (χ3v) is 3.43. The summed E-state index contributed by atoms with van der Waals surface area (Å²) in [5.74, 6) is 0.495. The number of H-pyrrole nitrogens is 1. The summed E-state index contributed by atoms with van der Waals surface area (Å²) < 4.78 is 14.0. The summed E-state index contributed by atoms with van der Waals surface area (Å²) in [6, 6.07) is 8.47. The van der Waals surface area contributed by atoms with E-state index in [4.69, 9.17) is 0 Å². The summed E-state index contributed by atoms with van der Waals surface area (Å²) in [6.45, 7) is 0. The van der Waals surface area contributed by atoms with Crippen LogP contribution in [0.15, 0.2) is 55.1 Å². The number of imidazole rings is 1. The van der Waals surface area contributed by atoms with Crippen molar-refractivity contribution in [2.24, 2.45) is 0 Å². The number of benzene rings is 1. The highest BCUT2D eigenvalue weighted by Gasteiger charge is 2.11. The molecule has 3 heterocycles. The van der Waals surface area contributed by atoms with Crippen molar-refractivity contribution >= 4 is 0 Å².